The van der Waals surface area contributed by atoms with Crippen molar-refractivity contribution in [1.29, 1.82) is 0 Å². The van der Waals surface area contributed by atoms with Crippen LogP contribution < -0.4 is 4.90 Å². The van der Waals surface area contributed by atoms with E-state index in [1.54, 1.807) is 16.2 Å². The number of benzene rings is 1. The van der Waals surface area contributed by atoms with Crippen LogP contribution in [0.4, 0.5) is 5.69 Å². The first-order valence-electron chi connectivity index (χ1n) is 10.5. The van der Waals surface area contributed by atoms with Crippen LogP contribution in [0, 0.1) is 5.92 Å². The van der Waals surface area contributed by atoms with Gasteiger partial charge >= 0.3 is 0 Å². The molecule has 1 aromatic carbocycles. The highest BCUT2D eigenvalue weighted by Crippen LogP contribution is 2.28. The normalized spacial score (nSPS) is 23.5. The Morgan fingerprint density at radius 2 is 2.16 bits per heavy atom. The molecule has 2 aromatic rings. The number of anilines is 1. The second-order valence-electron chi connectivity index (χ2n) is 6.74. The van der Waals surface area contributed by atoms with Crippen molar-refractivity contribution in [2.75, 3.05) is 24.5 Å². The summed E-state index contributed by atoms with van der Waals surface area (Å²) in [7, 11) is 0. The number of carbonyl (C=O) groups excluding carboxylic acids is 1. The zero-order chi connectivity index (χ0) is 20.1. The molecule has 1 amide bonds. The van der Waals surface area contributed by atoms with Crippen LogP contribution in [-0.2, 0) is 11.2 Å². The van der Waals surface area contributed by atoms with Crippen molar-refractivity contribution < 1.29 is 8.91 Å². The highest BCUT2D eigenvalue weighted by Gasteiger charge is 2.33. The van der Waals surface area contributed by atoms with E-state index in [1.165, 1.54) is 4.88 Å². The molecule has 3 nitrogen and oxygen atoms in total. The number of rotatable bonds is 6. The van der Waals surface area contributed by atoms with Crippen LogP contribution in [0.15, 0.2) is 47.8 Å². The van der Waals surface area contributed by atoms with E-state index in [0.29, 0.717) is 0 Å². The highest BCUT2D eigenvalue weighted by molar-refractivity contribution is 7.09. The smallest absolute Gasteiger partial charge is 0.226 e. The summed E-state index contributed by atoms with van der Waals surface area (Å²) in [5.41, 5.74) is 0.792. The fourth-order valence-electron chi connectivity index (χ4n) is 3.72. The molecule has 1 aromatic heterocycles. The van der Waals surface area contributed by atoms with Gasteiger partial charge in [0.25, 0.3) is 0 Å². The molecule has 1 aliphatic rings. The monoisotopic (exact) mass is 359 g/mol. The number of carbonyl (C=O) groups is 1. The van der Waals surface area contributed by atoms with Crippen LogP contribution in [0.25, 0.3) is 0 Å². The number of hydrogen-bond acceptors (Lipinski definition) is 3. The fourth-order valence-corrected chi connectivity index (χ4v) is 4.42. The van der Waals surface area contributed by atoms with Crippen LogP contribution in [-0.4, -0.2) is 36.5 Å². The van der Waals surface area contributed by atoms with Crippen LogP contribution >= 0.6 is 11.3 Å². The van der Waals surface area contributed by atoms with Crippen LogP contribution in [0.1, 0.15) is 35.6 Å². The van der Waals surface area contributed by atoms with Crippen molar-refractivity contribution in [1.82, 2.24) is 4.90 Å². The number of likely N-dealkylation sites (tertiary alicyclic amines) is 1. The van der Waals surface area contributed by atoms with Gasteiger partial charge in [-0.15, -0.1) is 11.3 Å². The lowest BCUT2D eigenvalue weighted by molar-refractivity contribution is -0.119. The molecule has 0 bridgehead atoms. The van der Waals surface area contributed by atoms with Crippen LogP contribution in [0.3, 0.4) is 0 Å². The lowest BCUT2D eigenvalue weighted by atomic mass is 9.91. The van der Waals surface area contributed by atoms with Gasteiger partial charge in [0.05, 0.1) is 0 Å². The van der Waals surface area contributed by atoms with Gasteiger partial charge in [-0.25, -0.2) is 0 Å². The number of thiophene rings is 1. The summed E-state index contributed by atoms with van der Waals surface area (Å²) in [5.74, 6) is -0.0343. The van der Waals surface area contributed by atoms with Crippen molar-refractivity contribution in [3.05, 3.63) is 52.7 Å². The molecule has 2 atom stereocenters. The first kappa shape index (κ1) is 14.5. The van der Waals surface area contributed by atoms with Crippen molar-refractivity contribution in [2.24, 2.45) is 5.92 Å². The largest absolute Gasteiger partial charge is 0.309 e. The van der Waals surface area contributed by atoms with E-state index < -0.39 is 13.3 Å². The Morgan fingerprint density at radius 1 is 1.32 bits per heavy atom. The Kier molecular flexibility index (Phi) is 5.01. The maximum Gasteiger partial charge on any atom is 0.226 e. The van der Waals surface area contributed by atoms with Gasteiger partial charge < -0.3 is 9.80 Å². The average molecular weight is 360 g/mol. The van der Waals surface area contributed by atoms with Crippen molar-refractivity contribution >= 4 is 22.9 Å². The Balaban J connectivity index is 1.69. The van der Waals surface area contributed by atoms with Crippen LogP contribution in [0.5, 0.6) is 0 Å². The minimum atomic E-state index is -2.26. The molecule has 1 aliphatic heterocycles. The summed E-state index contributed by atoms with van der Waals surface area (Å²) in [4.78, 5) is 18.5. The maximum absolute atomic E-state index is 12.9. The molecule has 134 valence electrons. The number of piperidine rings is 1. The molecule has 4 heteroatoms. The first-order chi connectivity index (χ1) is 13.3. The molecule has 2 heterocycles. The van der Waals surface area contributed by atoms with E-state index in [4.69, 9.17) is 4.11 Å². The van der Waals surface area contributed by atoms with E-state index in [1.807, 2.05) is 30.3 Å². The summed E-state index contributed by atoms with van der Waals surface area (Å²) < 4.78 is 22.5. The van der Waals surface area contributed by atoms with Gasteiger partial charge in [0.15, 0.2) is 0 Å². The van der Waals surface area contributed by atoms with Gasteiger partial charge in [-0.3, -0.25) is 4.79 Å². The van der Waals surface area contributed by atoms with E-state index in [2.05, 4.69) is 29.3 Å². The van der Waals surface area contributed by atoms with E-state index in [9.17, 15) is 4.79 Å². The van der Waals surface area contributed by atoms with Gasteiger partial charge in [-0.1, -0.05) is 38.0 Å². The lowest BCUT2D eigenvalue weighted by Gasteiger charge is -2.42. The molecular weight excluding hydrogens is 328 g/mol. The summed E-state index contributed by atoms with van der Waals surface area (Å²) in [6, 6.07) is 13.8. The van der Waals surface area contributed by atoms with E-state index >= 15 is 0 Å². The predicted molar refractivity (Wildman–Crippen MR) is 106 cm³/mol. The van der Waals surface area contributed by atoms with E-state index in [-0.39, 0.29) is 17.9 Å². The number of nitrogens with zero attached hydrogens (tertiary/aromatic N) is 2. The third kappa shape index (κ3) is 4.50. The van der Waals surface area contributed by atoms with Gasteiger partial charge in [0.2, 0.25) is 5.91 Å². The minimum Gasteiger partial charge on any atom is -0.309 e. The second-order valence-corrected chi connectivity index (χ2v) is 7.77. The summed E-state index contributed by atoms with van der Waals surface area (Å²) in [6.45, 7) is 2.77. The Morgan fingerprint density at radius 3 is 2.84 bits per heavy atom. The molecule has 25 heavy (non-hydrogen) atoms. The number of para-hydroxylation sites is 1. The molecule has 3 rings (SSSR count). The topological polar surface area (TPSA) is 23.6 Å². The zero-order valence-corrected chi connectivity index (χ0v) is 15.5. The van der Waals surface area contributed by atoms with Crippen molar-refractivity contribution in [3.63, 3.8) is 0 Å². The quantitative estimate of drug-likeness (QED) is 0.761. The Bertz CT molecular complexity index is 749. The van der Waals surface area contributed by atoms with Crippen molar-refractivity contribution in [3.8, 4) is 0 Å². The molecule has 2 unspecified atom stereocenters. The molecular formula is C21H28N2OS. The molecule has 1 fully saturated rings. The summed E-state index contributed by atoms with van der Waals surface area (Å²) in [5, 5.41) is 2.11. The molecule has 0 radical (unpaired) electrons. The average Bonchev–Trinajstić information content (AvgIpc) is 3.15. The van der Waals surface area contributed by atoms with Crippen LogP contribution in [0.2, 0.25) is 0 Å². The zero-order valence-electron chi connectivity index (χ0n) is 17.7. The van der Waals surface area contributed by atoms with E-state index in [0.717, 1.165) is 38.2 Å². The summed E-state index contributed by atoms with van der Waals surface area (Å²) >= 11 is 1.79. The highest BCUT2D eigenvalue weighted by atomic mass is 32.1. The predicted octanol–water partition coefficient (Wildman–Crippen LogP) is 4.44. The molecule has 0 N–H and O–H groups in total. The third-order valence-electron chi connectivity index (χ3n) is 4.98. The Labute approximate surface area is 159 Å². The summed E-state index contributed by atoms with van der Waals surface area (Å²) in [6.07, 6.45) is 1.48. The lowest BCUT2D eigenvalue weighted by Crippen LogP contribution is -2.52. The first-order valence-corrected chi connectivity index (χ1v) is 9.83. The van der Waals surface area contributed by atoms with Gasteiger partial charge in [0.1, 0.15) is 0 Å². The van der Waals surface area contributed by atoms with Gasteiger partial charge in [-0.2, -0.15) is 0 Å². The molecule has 0 spiro atoms. The van der Waals surface area contributed by atoms with Gasteiger partial charge in [0, 0.05) is 46.8 Å². The number of hydrogen-bond donors (Lipinski definition) is 0. The maximum atomic E-state index is 12.9. The second kappa shape index (κ2) is 8.63. The molecule has 1 saturated heterocycles. The molecule has 0 aliphatic carbocycles. The minimum absolute atomic E-state index is 0.0234. The Hall–Kier alpha value is -1.65. The SMILES string of the molecule is [2H]C([2H])([2H])CC(=O)N(c1ccccc1)C1CCN(CCc2cccs2)CC1C. The van der Waals surface area contributed by atoms with Crippen molar-refractivity contribution in [2.45, 2.75) is 39.1 Å². The fraction of sp³-hybridized carbons (Fsp3) is 0.476. The van der Waals surface area contributed by atoms with Gasteiger partial charge in [-0.05, 0) is 42.3 Å². The standard InChI is InChI=1S/C21H28N2OS/c1-3-21(24)23(18-8-5-4-6-9-18)20-12-14-22(16-17(20)2)13-11-19-10-7-15-25-19/h4-10,15,17,20H,3,11-14,16H2,1-2H3/i1D3. The third-order valence-corrected chi connectivity index (χ3v) is 5.92. The molecule has 0 saturated carbocycles. The number of amides is 1.